The van der Waals surface area contributed by atoms with E-state index in [1.54, 1.807) is 37.4 Å². The molecule has 1 aliphatic heterocycles. The Morgan fingerprint density at radius 1 is 1.14 bits per heavy atom. The summed E-state index contributed by atoms with van der Waals surface area (Å²) >= 11 is 0. The summed E-state index contributed by atoms with van der Waals surface area (Å²) < 4.78 is 84.5. The molecule has 1 saturated heterocycles. The zero-order valence-corrected chi connectivity index (χ0v) is 25.9. The number of carboxylic acid groups (broad SMARTS) is 1. The van der Waals surface area contributed by atoms with Crippen molar-refractivity contribution in [1.29, 1.82) is 0 Å². The molecule has 1 aliphatic rings. The summed E-state index contributed by atoms with van der Waals surface area (Å²) in [5.74, 6) is -5.60. The van der Waals surface area contributed by atoms with Crippen LogP contribution in [0.25, 0.3) is 27.7 Å². The number of aromatic nitrogens is 3. The van der Waals surface area contributed by atoms with Crippen molar-refractivity contribution in [2.24, 2.45) is 7.05 Å². The van der Waals surface area contributed by atoms with Crippen LogP contribution in [0.3, 0.4) is 0 Å². The number of amides is 1. The lowest BCUT2D eigenvalue weighted by Crippen LogP contribution is -2.53. The number of hydrogen-bond donors (Lipinski definition) is 2. The Kier molecular flexibility index (Phi) is 8.75. The lowest BCUT2D eigenvalue weighted by atomic mass is 10.0. The minimum Gasteiger partial charge on any atom is -0.495 e. The first-order valence-corrected chi connectivity index (χ1v) is 14.9. The molecule has 6 rings (SSSR count). The molecule has 3 aromatic heterocycles. The van der Waals surface area contributed by atoms with E-state index in [1.807, 2.05) is 0 Å². The third-order valence-corrected chi connectivity index (χ3v) is 8.47. The van der Waals surface area contributed by atoms with Crippen molar-refractivity contribution >= 4 is 34.1 Å². The molecule has 1 amide bonds. The van der Waals surface area contributed by atoms with E-state index < -0.39 is 59.6 Å². The molecule has 0 radical (unpaired) electrons. The summed E-state index contributed by atoms with van der Waals surface area (Å²) in [5.41, 5.74) is -0.178. The molecule has 16 heteroatoms. The summed E-state index contributed by atoms with van der Waals surface area (Å²) in [5, 5.41) is 12.7. The van der Waals surface area contributed by atoms with Crippen molar-refractivity contribution in [2.45, 2.75) is 24.7 Å². The van der Waals surface area contributed by atoms with Gasteiger partial charge in [-0.3, -0.25) is 9.59 Å². The van der Waals surface area contributed by atoms with Crippen molar-refractivity contribution in [3.63, 3.8) is 0 Å². The largest absolute Gasteiger partial charge is 0.495 e. The zero-order valence-electron chi connectivity index (χ0n) is 25.9. The van der Waals surface area contributed by atoms with Crippen LogP contribution in [-0.4, -0.2) is 76.1 Å². The van der Waals surface area contributed by atoms with E-state index in [4.69, 9.17) is 9.47 Å². The highest BCUT2D eigenvalue weighted by atomic mass is 19.4. The van der Waals surface area contributed by atoms with Gasteiger partial charge in [0.2, 0.25) is 0 Å². The SMILES string of the molecule is COc1c(-c2ccc(CC(NC(=O)c3c(F)cc(N4CCOC[C@H]4C(F)(F)F)cc3F)C(=O)O)n3ccnc23)c(=O)n(C)c2ccccc12. The topological polar surface area (TPSA) is 127 Å². The van der Waals surface area contributed by atoms with Crippen molar-refractivity contribution in [3.8, 4) is 16.9 Å². The predicted molar refractivity (Wildman–Crippen MR) is 167 cm³/mol. The third-order valence-electron chi connectivity index (χ3n) is 8.47. The summed E-state index contributed by atoms with van der Waals surface area (Å²) in [4.78, 5) is 44.0. The van der Waals surface area contributed by atoms with E-state index in [0.717, 1.165) is 4.90 Å². The quantitative estimate of drug-likeness (QED) is 0.231. The number of para-hydroxylation sites is 1. The van der Waals surface area contributed by atoms with Crippen molar-refractivity contribution in [2.75, 3.05) is 31.8 Å². The molecule has 0 saturated carbocycles. The molecule has 0 bridgehead atoms. The van der Waals surface area contributed by atoms with Gasteiger partial charge in [-0.25, -0.2) is 18.6 Å². The molecule has 49 heavy (non-hydrogen) atoms. The number of carbonyl (C=O) groups excluding carboxylic acids is 1. The number of halogens is 5. The minimum absolute atomic E-state index is 0.115. The van der Waals surface area contributed by atoms with Gasteiger partial charge in [0.05, 0.1) is 31.4 Å². The van der Waals surface area contributed by atoms with E-state index in [2.05, 4.69) is 10.3 Å². The Morgan fingerprint density at radius 2 is 1.86 bits per heavy atom. The molecule has 2 atom stereocenters. The number of aliphatic carboxylic acids is 1. The van der Waals surface area contributed by atoms with Crippen LogP contribution in [0, 0.1) is 11.6 Å². The van der Waals surface area contributed by atoms with E-state index in [-0.39, 0.29) is 36.3 Å². The maximum atomic E-state index is 15.2. The van der Waals surface area contributed by atoms with Crippen LogP contribution >= 0.6 is 0 Å². The number of aryl methyl sites for hydroxylation is 1. The molecular weight excluding hydrogens is 657 g/mol. The average Bonchev–Trinajstić information content (AvgIpc) is 3.56. The summed E-state index contributed by atoms with van der Waals surface area (Å²) in [6, 6.07) is 7.57. The summed E-state index contributed by atoms with van der Waals surface area (Å²) in [6.07, 6.45) is -2.19. The molecule has 5 aromatic rings. The molecule has 2 aromatic carbocycles. The zero-order chi connectivity index (χ0) is 35.2. The summed E-state index contributed by atoms with van der Waals surface area (Å²) in [6.45, 7) is -1.16. The minimum atomic E-state index is -4.76. The number of methoxy groups -OCH3 is 1. The van der Waals surface area contributed by atoms with E-state index >= 15 is 8.78 Å². The first-order valence-electron chi connectivity index (χ1n) is 14.9. The average molecular weight is 686 g/mol. The van der Waals surface area contributed by atoms with Crippen molar-refractivity contribution in [1.82, 2.24) is 19.3 Å². The van der Waals surface area contributed by atoms with E-state index in [0.29, 0.717) is 40.0 Å². The van der Waals surface area contributed by atoms with Crippen LogP contribution in [0.1, 0.15) is 16.1 Å². The number of pyridine rings is 2. The highest BCUT2D eigenvalue weighted by Gasteiger charge is 2.46. The number of ether oxygens (including phenoxy) is 2. The molecule has 0 aliphatic carbocycles. The van der Waals surface area contributed by atoms with Gasteiger partial charge < -0.3 is 33.8 Å². The Balaban J connectivity index is 1.31. The number of benzene rings is 2. The van der Waals surface area contributed by atoms with Crippen LogP contribution in [-0.2, 0) is 23.0 Å². The number of rotatable bonds is 8. The monoisotopic (exact) mass is 685 g/mol. The van der Waals surface area contributed by atoms with Gasteiger partial charge in [0.25, 0.3) is 11.5 Å². The lowest BCUT2D eigenvalue weighted by Gasteiger charge is -2.38. The number of alkyl halides is 3. The summed E-state index contributed by atoms with van der Waals surface area (Å²) in [7, 11) is 3.05. The van der Waals surface area contributed by atoms with Gasteiger partial charge in [-0.2, -0.15) is 13.2 Å². The van der Waals surface area contributed by atoms with E-state index in [1.165, 1.54) is 34.5 Å². The number of nitrogens with zero attached hydrogens (tertiary/aromatic N) is 4. The molecule has 0 spiro atoms. The number of carboxylic acids is 1. The van der Waals surface area contributed by atoms with Crippen LogP contribution in [0.5, 0.6) is 5.75 Å². The molecule has 2 N–H and O–H groups in total. The van der Waals surface area contributed by atoms with Crippen LogP contribution in [0.4, 0.5) is 27.6 Å². The van der Waals surface area contributed by atoms with Gasteiger partial charge in [0.1, 0.15) is 40.7 Å². The molecule has 1 unspecified atom stereocenters. The predicted octanol–water partition coefficient (Wildman–Crippen LogP) is 4.33. The fourth-order valence-electron chi connectivity index (χ4n) is 6.11. The maximum absolute atomic E-state index is 15.2. The second kappa shape index (κ2) is 12.8. The van der Waals surface area contributed by atoms with Crippen molar-refractivity contribution < 1.29 is 46.1 Å². The number of imidazole rings is 1. The Morgan fingerprint density at radius 3 is 2.53 bits per heavy atom. The highest BCUT2D eigenvalue weighted by molar-refractivity contribution is 5.98. The Labute approximate surface area is 274 Å². The normalized spacial score (nSPS) is 15.8. The van der Waals surface area contributed by atoms with Gasteiger partial charge in [-0.1, -0.05) is 12.1 Å². The Hall–Kier alpha value is -5.51. The van der Waals surface area contributed by atoms with Gasteiger partial charge >= 0.3 is 12.1 Å². The fraction of sp³-hybridized carbons (Fsp3) is 0.273. The first kappa shape index (κ1) is 33.4. The fourth-order valence-corrected chi connectivity index (χ4v) is 6.11. The molecule has 11 nitrogen and oxygen atoms in total. The molecular formula is C33H28F5N5O6. The second-order valence-electron chi connectivity index (χ2n) is 11.3. The van der Waals surface area contributed by atoms with Gasteiger partial charge in [0.15, 0.2) is 0 Å². The van der Waals surface area contributed by atoms with Gasteiger partial charge in [0, 0.05) is 54.7 Å². The number of nitrogens with one attached hydrogen (secondary N) is 1. The Bertz CT molecular complexity index is 2140. The molecule has 256 valence electrons. The third kappa shape index (κ3) is 6.03. The van der Waals surface area contributed by atoms with Crippen molar-refractivity contribution in [3.05, 3.63) is 94.2 Å². The number of anilines is 1. The second-order valence-corrected chi connectivity index (χ2v) is 11.3. The first-order chi connectivity index (χ1) is 23.3. The standard InChI is InChI=1S/C33H28F5N5O6/c1-41-24-6-4-3-5-19(24)28(48-2)26(31(41)45)20-8-7-17(43-10-9-39-29(20)43)15-23(32(46)47)40-30(44)27-21(34)13-18(14-22(27)35)42-11-12-49-16-25(42)33(36,37)38/h3-10,13-14,23,25H,11-12,15-16H2,1-2H3,(H,40,44)(H,46,47)/t23?,25-/m0/s1. The lowest BCUT2D eigenvalue weighted by molar-refractivity contribution is -0.167. The number of fused-ring (bicyclic) bond motifs is 2. The van der Waals surface area contributed by atoms with Crippen LogP contribution < -0.4 is 20.5 Å². The number of morpholine rings is 1. The smallest absolute Gasteiger partial charge is 0.411 e. The van der Waals surface area contributed by atoms with Gasteiger partial charge in [-0.15, -0.1) is 0 Å². The van der Waals surface area contributed by atoms with Crippen LogP contribution in [0.2, 0.25) is 0 Å². The number of carbonyl (C=O) groups is 2. The highest BCUT2D eigenvalue weighted by Crippen LogP contribution is 2.36. The van der Waals surface area contributed by atoms with Crippen LogP contribution in [0.15, 0.2) is 65.7 Å². The maximum Gasteiger partial charge on any atom is 0.411 e. The molecule has 1 fully saturated rings. The number of hydrogen-bond acceptors (Lipinski definition) is 7. The van der Waals surface area contributed by atoms with E-state index in [9.17, 15) is 32.7 Å². The molecule has 4 heterocycles. The van der Waals surface area contributed by atoms with Gasteiger partial charge in [-0.05, 0) is 36.4 Å².